The summed E-state index contributed by atoms with van der Waals surface area (Å²) in [5.74, 6) is 1.54. The van der Waals surface area contributed by atoms with E-state index in [0.717, 1.165) is 62.4 Å². The second-order valence-electron chi connectivity index (χ2n) is 5.64. The van der Waals surface area contributed by atoms with E-state index in [2.05, 4.69) is 34.5 Å². The summed E-state index contributed by atoms with van der Waals surface area (Å²) in [6.07, 6.45) is 1.04. The van der Waals surface area contributed by atoms with Crippen LogP contribution in [0.15, 0.2) is 34.2 Å². The molecule has 0 fully saturated rings. The highest BCUT2D eigenvalue weighted by Gasteiger charge is 2.00. The molecule has 0 aliphatic rings. The smallest absolute Gasteiger partial charge is 0.191 e. The van der Waals surface area contributed by atoms with Gasteiger partial charge in [-0.1, -0.05) is 0 Å². The van der Waals surface area contributed by atoms with E-state index in [1.807, 2.05) is 0 Å². The molecule has 0 aromatic heterocycles. The number of nitrogens with one attached hydrogen (secondary N) is 2. The number of nitrogens with zero attached hydrogens (tertiary/aromatic N) is 2. The van der Waals surface area contributed by atoms with E-state index in [0.29, 0.717) is 0 Å². The lowest BCUT2D eigenvalue weighted by molar-refractivity contribution is 0.180. The fourth-order valence-corrected chi connectivity index (χ4v) is 2.90. The van der Waals surface area contributed by atoms with Crippen molar-refractivity contribution in [3.8, 4) is 0 Å². The first-order valence-electron chi connectivity index (χ1n) is 8.73. The number of thioether (sulfide) groups is 1. The summed E-state index contributed by atoms with van der Waals surface area (Å²) in [5, 5.41) is 6.59. The van der Waals surface area contributed by atoms with E-state index in [1.165, 1.54) is 12.1 Å². The second kappa shape index (κ2) is 16.6. The van der Waals surface area contributed by atoms with Gasteiger partial charge in [-0.3, -0.25) is 4.99 Å². The zero-order valence-electron chi connectivity index (χ0n) is 16.0. The monoisotopic (exact) mass is 498 g/mol. The number of methoxy groups -OCH3 is 1. The average Bonchev–Trinajstić information content (AvgIpc) is 2.60. The predicted molar refractivity (Wildman–Crippen MR) is 121 cm³/mol. The molecule has 0 atom stereocenters. The molecule has 0 heterocycles. The molecule has 0 amide bonds. The quantitative estimate of drug-likeness (QED) is 0.153. The van der Waals surface area contributed by atoms with Gasteiger partial charge in [0.15, 0.2) is 5.96 Å². The summed E-state index contributed by atoms with van der Waals surface area (Å²) in [5.41, 5.74) is 0. The molecule has 8 heteroatoms. The summed E-state index contributed by atoms with van der Waals surface area (Å²) in [4.78, 5) is 7.93. The van der Waals surface area contributed by atoms with Gasteiger partial charge in [0.05, 0.1) is 6.54 Å². The van der Waals surface area contributed by atoms with Gasteiger partial charge in [0.25, 0.3) is 0 Å². The fourth-order valence-electron chi connectivity index (χ4n) is 2.13. The minimum absolute atomic E-state index is 0. The van der Waals surface area contributed by atoms with Crippen LogP contribution in [0.1, 0.15) is 13.3 Å². The molecule has 1 aromatic rings. The zero-order chi connectivity index (χ0) is 18.3. The first kappa shape index (κ1) is 25.4. The maximum atomic E-state index is 12.9. The highest BCUT2D eigenvalue weighted by molar-refractivity contribution is 14.0. The molecule has 1 aromatic carbocycles. The van der Waals surface area contributed by atoms with Crippen molar-refractivity contribution in [1.29, 1.82) is 0 Å². The van der Waals surface area contributed by atoms with Crippen LogP contribution in [0.4, 0.5) is 4.39 Å². The van der Waals surface area contributed by atoms with E-state index in [-0.39, 0.29) is 29.8 Å². The predicted octanol–water partition coefficient (Wildman–Crippen LogP) is 3.06. The highest BCUT2D eigenvalue weighted by Crippen LogP contribution is 2.17. The van der Waals surface area contributed by atoms with Crippen LogP contribution in [-0.4, -0.2) is 70.1 Å². The molecule has 0 saturated carbocycles. The maximum absolute atomic E-state index is 12.9. The summed E-state index contributed by atoms with van der Waals surface area (Å²) >= 11 is 1.70. The van der Waals surface area contributed by atoms with Crippen LogP contribution in [0.2, 0.25) is 0 Å². The van der Waals surface area contributed by atoms with Gasteiger partial charge in [0.2, 0.25) is 0 Å². The van der Waals surface area contributed by atoms with Crippen molar-refractivity contribution in [3.63, 3.8) is 0 Å². The van der Waals surface area contributed by atoms with Crippen molar-refractivity contribution >= 4 is 41.7 Å². The zero-order valence-corrected chi connectivity index (χ0v) is 19.1. The Labute approximate surface area is 178 Å². The van der Waals surface area contributed by atoms with E-state index >= 15 is 0 Å². The third-order valence-corrected chi connectivity index (χ3v) is 4.47. The molecule has 150 valence electrons. The number of benzene rings is 1. The minimum Gasteiger partial charge on any atom is -0.385 e. The highest BCUT2D eigenvalue weighted by atomic mass is 127. The van der Waals surface area contributed by atoms with Gasteiger partial charge < -0.3 is 20.3 Å². The lowest BCUT2D eigenvalue weighted by Gasteiger charge is -2.16. The number of aliphatic imine (C=N–C) groups is 1. The molecule has 0 radical (unpaired) electrons. The number of rotatable bonds is 12. The first-order chi connectivity index (χ1) is 12.2. The van der Waals surface area contributed by atoms with E-state index in [4.69, 9.17) is 4.74 Å². The molecule has 0 unspecified atom stereocenters. The van der Waals surface area contributed by atoms with E-state index in [1.54, 1.807) is 31.0 Å². The molecule has 0 spiro atoms. The van der Waals surface area contributed by atoms with Gasteiger partial charge in [-0.25, -0.2) is 4.39 Å². The van der Waals surface area contributed by atoms with Crippen molar-refractivity contribution in [1.82, 2.24) is 15.5 Å². The van der Waals surface area contributed by atoms with Crippen molar-refractivity contribution in [3.05, 3.63) is 30.1 Å². The van der Waals surface area contributed by atoms with Crippen molar-refractivity contribution in [2.75, 3.05) is 59.2 Å². The summed E-state index contributed by atoms with van der Waals surface area (Å²) in [7, 11) is 3.83. The lowest BCUT2D eigenvalue weighted by Crippen LogP contribution is -2.39. The fraction of sp³-hybridized carbons (Fsp3) is 0.611. The molecular weight excluding hydrogens is 466 g/mol. The maximum Gasteiger partial charge on any atom is 0.191 e. The number of likely N-dealkylation sites (N-methyl/N-ethyl adjacent to an activating group) is 1. The summed E-state index contributed by atoms with van der Waals surface area (Å²) in [6, 6.07) is 6.59. The van der Waals surface area contributed by atoms with Gasteiger partial charge >= 0.3 is 0 Å². The third kappa shape index (κ3) is 12.7. The minimum atomic E-state index is -0.198. The van der Waals surface area contributed by atoms with Crippen LogP contribution in [0.25, 0.3) is 0 Å². The third-order valence-electron chi connectivity index (χ3n) is 3.46. The van der Waals surface area contributed by atoms with Gasteiger partial charge in [0, 0.05) is 50.5 Å². The Morgan fingerprint density at radius 3 is 2.62 bits per heavy atom. The lowest BCUT2D eigenvalue weighted by atomic mass is 10.4. The molecule has 2 N–H and O–H groups in total. The van der Waals surface area contributed by atoms with Crippen molar-refractivity contribution < 1.29 is 9.13 Å². The van der Waals surface area contributed by atoms with Gasteiger partial charge in [0.1, 0.15) is 5.82 Å². The van der Waals surface area contributed by atoms with Gasteiger partial charge in [-0.15, -0.1) is 35.7 Å². The Morgan fingerprint density at radius 2 is 1.96 bits per heavy atom. The largest absolute Gasteiger partial charge is 0.385 e. The van der Waals surface area contributed by atoms with Crippen LogP contribution in [0.3, 0.4) is 0 Å². The molecule has 26 heavy (non-hydrogen) atoms. The van der Waals surface area contributed by atoms with Crippen molar-refractivity contribution in [2.24, 2.45) is 4.99 Å². The Hall–Kier alpha value is -0.580. The van der Waals surface area contributed by atoms with Gasteiger partial charge in [-0.2, -0.15) is 0 Å². The topological polar surface area (TPSA) is 48.9 Å². The normalized spacial score (nSPS) is 11.3. The number of hydrogen-bond donors (Lipinski definition) is 2. The van der Waals surface area contributed by atoms with Crippen LogP contribution in [0, 0.1) is 5.82 Å². The SMILES string of the molecule is CCNC(=NCCN(C)CCCOC)NCCSc1ccc(F)cc1.I. The summed E-state index contributed by atoms with van der Waals surface area (Å²) < 4.78 is 17.9. The standard InChI is InChI=1S/C18H31FN4OS.HI/c1-4-20-18(21-10-13-23(2)12-5-14-24-3)22-11-15-25-17-8-6-16(19)7-9-17;/h6-9H,4-5,10-15H2,1-3H3,(H2,20,21,22);1H. The molecule has 0 bridgehead atoms. The number of guanidine groups is 1. The first-order valence-corrected chi connectivity index (χ1v) is 9.72. The van der Waals surface area contributed by atoms with Crippen LogP contribution < -0.4 is 10.6 Å². The number of ether oxygens (including phenoxy) is 1. The Bertz CT molecular complexity index is 491. The Balaban J connectivity index is 0.00000625. The van der Waals surface area contributed by atoms with E-state index < -0.39 is 0 Å². The van der Waals surface area contributed by atoms with Crippen LogP contribution in [-0.2, 0) is 4.74 Å². The molecule has 0 aliphatic carbocycles. The average molecular weight is 498 g/mol. The molecular formula is C18H32FIN4OS. The Morgan fingerprint density at radius 1 is 1.23 bits per heavy atom. The number of halogens is 2. The van der Waals surface area contributed by atoms with E-state index in [9.17, 15) is 4.39 Å². The number of hydrogen-bond acceptors (Lipinski definition) is 4. The molecule has 5 nitrogen and oxygen atoms in total. The molecule has 0 aliphatic heterocycles. The van der Waals surface area contributed by atoms with Crippen molar-refractivity contribution in [2.45, 2.75) is 18.2 Å². The molecule has 0 saturated heterocycles. The van der Waals surface area contributed by atoms with Crippen LogP contribution >= 0.6 is 35.7 Å². The second-order valence-corrected chi connectivity index (χ2v) is 6.81. The van der Waals surface area contributed by atoms with Crippen LogP contribution in [0.5, 0.6) is 0 Å². The summed E-state index contributed by atoms with van der Waals surface area (Å²) in [6.45, 7) is 7.18. The Kier molecular flexibility index (Phi) is 16.2. The molecule has 1 rings (SSSR count). The van der Waals surface area contributed by atoms with Gasteiger partial charge in [-0.05, 0) is 44.7 Å².